The van der Waals surface area contributed by atoms with Crippen LogP contribution in [0.4, 0.5) is 0 Å². The molecule has 1 heterocycles. The molecule has 0 amide bonds. The van der Waals surface area contributed by atoms with Crippen molar-refractivity contribution < 1.29 is 19.7 Å². The third-order valence-electron chi connectivity index (χ3n) is 8.81. The van der Waals surface area contributed by atoms with Crippen molar-refractivity contribution in [2.75, 3.05) is 6.61 Å². The van der Waals surface area contributed by atoms with E-state index in [0.29, 0.717) is 37.7 Å². The monoisotopic (exact) mass is 336 g/mol. The predicted molar refractivity (Wildman–Crippen MR) is 90.3 cm³/mol. The Hall–Kier alpha value is -0.450. The molecule has 8 atom stereocenters. The molecule has 4 nitrogen and oxygen atoms in total. The maximum Gasteiger partial charge on any atom is 0.141 e. The molecule has 0 aromatic heterocycles. The molecule has 2 bridgehead atoms. The molecule has 1 saturated heterocycles. The molecule has 8 unspecified atom stereocenters. The zero-order valence-electron chi connectivity index (χ0n) is 15.4. The smallest absolute Gasteiger partial charge is 0.141 e. The number of hydrogen-bond acceptors (Lipinski definition) is 4. The fraction of sp³-hybridized carbons (Fsp3) is 0.950. The van der Waals surface area contributed by atoms with Crippen LogP contribution in [0.15, 0.2) is 0 Å². The number of aliphatic hydroxyl groups is 2. The van der Waals surface area contributed by atoms with Crippen LogP contribution in [0.2, 0.25) is 0 Å². The second kappa shape index (κ2) is 5.05. The second-order valence-corrected chi connectivity index (χ2v) is 9.88. The van der Waals surface area contributed by atoms with Gasteiger partial charge < -0.3 is 14.9 Å². The van der Waals surface area contributed by atoms with Gasteiger partial charge in [0.15, 0.2) is 0 Å². The van der Waals surface area contributed by atoms with E-state index in [2.05, 4.69) is 20.8 Å². The van der Waals surface area contributed by atoms with Crippen LogP contribution in [-0.2, 0) is 9.53 Å². The van der Waals surface area contributed by atoms with Gasteiger partial charge in [0.1, 0.15) is 5.78 Å². The van der Waals surface area contributed by atoms with Crippen molar-refractivity contribution in [1.82, 2.24) is 0 Å². The molecule has 24 heavy (non-hydrogen) atoms. The van der Waals surface area contributed by atoms with Crippen molar-refractivity contribution in [3.05, 3.63) is 0 Å². The first-order valence-corrected chi connectivity index (χ1v) is 9.66. The Morgan fingerprint density at radius 1 is 1.21 bits per heavy atom. The van der Waals surface area contributed by atoms with E-state index in [4.69, 9.17) is 4.74 Å². The number of fused-ring (bicyclic) bond motifs is 5. The minimum atomic E-state index is -0.756. The first-order chi connectivity index (χ1) is 11.1. The number of carbonyl (C=O) groups is 1. The Kier molecular flexibility index (Phi) is 3.57. The van der Waals surface area contributed by atoms with Crippen LogP contribution in [0.25, 0.3) is 0 Å². The first kappa shape index (κ1) is 17.0. The first-order valence-electron chi connectivity index (χ1n) is 9.66. The average molecular weight is 336 g/mol. The molecule has 0 spiro atoms. The maximum atomic E-state index is 13.4. The van der Waals surface area contributed by atoms with E-state index in [1.165, 1.54) is 0 Å². The van der Waals surface area contributed by atoms with Gasteiger partial charge in [-0.25, -0.2) is 0 Å². The summed E-state index contributed by atoms with van der Waals surface area (Å²) in [5, 5.41) is 22.5. The van der Waals surface area contributed by atoms with Crippen molar-refractivity contribution in [1.29, 1.82) is 0 Å². The lowest BCUT2D eigenvalue weighted by Gasteiger charge is -2.63. The van der Waals surface area contributed by atoms with Crippen molar-refractivity contribution in [2.24, 2.45) is 34.5 Å². The fourth-order valence-corrected chi connectivity index (χ4v) is 6.53. The van der Waals surface area contributed by atoms with Gasteiger partial charge in [-0.3, -0.25) is 4.79 Å². The molecular formula is C20H32O4. The lowest BCUT2D eigenvalue weighted by atomic mass is 9.45. The number of carbonyl (C=O) groups excluding carboxylic acids is 1. The Morgan fingerprint density at radius 3 is 2.54 bits per heavy atom. The van der Waals surface area contributed by atoms with Crippen LogP contribution in [0.1, 0.15) is 59.8 Å². The number of hydrogen-bond donors (Lipinski definition) is 2. The number of rotatable bonds is 0. The lowest BCUT2D eigenvalue weighted by molar-refractivity contribution is -0.250. The molecule has 2 N–H and O–H groups in total. The Bertz CT molecular complexity index is 558. The van der Waals surface area contributed by atoms with Crippen LogP contribution in [0.3, 0.4) is 0 Å². The van der Waals surface area contributed by atoms with E-state index >= 15 is 0 Å². The number of ether oxygens (including phenoxy) is 1. The third-order valence-corrected chi connectivity index (χ3v) is 8.81. The van der Waals surface area contributed by atoms with Gasteiger partial charge in [-0.15, -0.1) is 0 Å². The van der Waals surface area contributed by atoms with E-state index in [0.717, 1.165) is 12.8 Å². The van der Waals surface area contributed by atoms with E-state index in [1.807, 2.05) is 6.92 Å². The van der Waals surface area contributed by atoms with Gasteiger partial charge in [0, 0.05) is 18.8 Å². The molecule has 3 aliphatic carbocycles. The Morgan fingerprint density at radius 2 is 1.92 bits per heavy atom. The van der Waals surface area contributed by atoms with Crippen LogP contribution < -0.4 is 0 Å². The molecule has 0 aromatic rings. The lowest BCUT2D eigenvalue weighted by Crippen LogP contribution is -2.67. The summed E-state index contributed by atoms with van der Waals surface area (Å²) in [5.41, 5.74) is -1.76. The van der Waals surface area contributed by atoms with E-state index in [9.17, 15) is 15.0 Å². The Labute approximate surface area is 145 Å². The number of Topliss-reactive ketones (excluding diaryl/α,β-unsaturated/α-hetero) is 1. The topological polar surface area (TPSA) is 66.8 Å². The fourth-order valence-electron chi connectivity index (χ4n) is 6.53. The largest absolute Gasteiger partial charge is 0.392 e. The van der Waals surface area contributed by atoms with E-state index in [-0.39, 0.29) is 29.1 Å². The highest BCUT2D eigenvalue weighted by Crippen LogP contribution is 2.62. The molecule has 136 valence electrons. The summed E-state index contributed by atoms with van der Waals surface area (Å²) in [6, 6.07) is 0. The summed E-state index contributed by atoms with van der Waals surface area (Å²) in [7, 11) is 0. The zero-order chi connectivity index (χ0) is 17.5. The summed E-state index contributed by atoms with van der Waals surface area (Å²) in [6.07, 6.45) is 2.85. The van der Waals surface area contributed by atoms with Crippen LogP contribution in [0, 0.1) is 34.5 Å². The normalized spacial score (nSPS) is 56.3. The molecule has 0 radical (unpaired) electrons. The second-order valence-electron chi connectivity index (χ2n) is 9.88. The molecule has 0 aromatic carbocycles. The summed E-state index contributed by atoms with van der Waals surface area (Å²) in [6.45, 7) is 9.14. The van der Waals surface area contributed by atoms with Crippen LogP contribution in [0.5, 0.6) is 0 Å². The minimum absolute atomic E-state index is 0.0196. The zero-order valence-corrected chi connectivity index (χ0v) is 15.4. The quantitative estimate of drug-likeness (QED) is 0.713. The highest BCUT2D eigenvalue weighted by atomic mass is 16.5. The minimum Gasteiger partial charge on any atom is -0.392 e. The average Bonchev–Trinajstić information content (AvgIpc) is 2.48. The Balaban J connectivity index is 1.80. The number of ketones is 1. The molecule has 4 rings (SSSR count). The highest BCUT2D eigenvalue weighted by molar-refractivity contribution is 5.86. The van der Waals surface area contributed by atoms with Gasteiger partial charge in [0.25, 0.3) is 0 Å². The van der Waals surface area contributed by atoms with Crippen molar-refractivity contribution in [3.8, 4) is 0 Å². The molecular weight excluding hydrogens is 304 g/mol. The summed E-state index contributed by atoms with van der Waals surface area (Å²) >= 11 is 0. The molecule has 4 fully saturated rings. The maximum absolute atomic E-state index is 13.4. The highest BCUT2D eigenvalue weighted by Gasteiger charge is 2.65. The van der Waals surface area contributed by atoms with E-state index < -0.39 is 17.1 Å². The van der Waals surface area contributed by atoms with Gasteiger partial charge in [-0.2, -0.15) is 0 Å². The van der Waals surface area contributed by atoms with Gasteiger partial charge in [0.05, 0.1) is 29.8 Å². The van der Waals surface area contributed by atoms with E-state index in [1.54, 1.807) is 0 Å². The van der Waals surface area contributed by atoms with Crippen molar-refractivity contribution in [3.63, 3.8) is 0 Å². The van der Waals surface area contributed by atoms with Gasteiger partial charge in [-0.05, 0) is 49.4 Å². The molecule has 3 saturated carbocycles. The summed E-state index contributed by atoms with van der Waals surface area (Å²) in [5.74, 6) is 1.15. The van der Waals surface area contributed by atoms with Crippen molar-refractivity contribution >= 4 is 5.78 Å². The van der Waals surface area contributed by atoms with Crippen LogP contribution >= 0.6 is 0 Å². The summed E-state index contributed by atoms with van der Waals surface area (Å²) < 4.78 is 5.66. The predicted octanol–water partition coefficient (Wildman–Crippen LogP) is 2.55. The van der Waals surface area contributed by atoms with Gasteiger partial charge in [-0.1, -0.05) is 20.8 Å². The van der Waals surface area contributed by atoms with Gasteiger partial charge >= 0.3 is 0 Å². The standard InChI is InChI=1S/C20H32O4/c1-11-5-6-20(23)9-14-12-10-24-15(12)8-17(22)19(14,4)16(21)7-13(11)18(20,2)3/h11-15,17,22-23H,5-10H2,1-4H3. The molecule has 4 aliphatic rings. The SMILES string of the molecule is CC1CCC2(O)CC3C4COC4CC(O)C3(C)C(=O)CC1C2(C)C. The molecule has 1 aliphatic heterocycles. The summed E-state index contributed by atoms with van der Waals surface area (Å²) in [4.78, 5) is 13.4. The van der Waals surface area contributed by atoms with Gasteiger partial charge in [0.2, 0.25) is 0 Å². The van der Waals surface area contributed by atoms with Crippen molar-refractivity contribution in [2.45, 2.75) is 77.6 Å². The number of aliphatic hydroxyl groups excluding tert-OH is 1. The third kappa shape index (κ3) is 1.94. The molecule has 4 heteroatoms. The van der Waals surface area contributed by atoms with Crippen LogP contribution in [-0.4, -0.2) is 40.4 Å².